The second-order valence-corrected chi connectivity index (χ2v) is 4.36. The van der Waals surface area contributed by atoms with Crippen LogP contribution in [0.15, 0.2) is 24.3 Å². The van der Waals surface area contributed by atoms with Gasteiger partial charge < -0.3 is 4.74 Å². The maximum Gasteiger partial charge on any atom is 0.338 e. The Kier molecular flexibility index (Phi) is 5.03. The van der Waals surface area contributed by atoms with E-state index in [1.54, 1.807) is 6.07 Å². The van der Waals surface area contributed by atoms with Crippen molar-refractivity contribution in [3.63, 3.8) is 0 Å². The Morgan fingerprint density at radius 2 is 2.19 bits per heavy atom. The topological polar surface area (TPSA) is 26.3 Å². The van der Waals surface area contributed by atoms with E-state index >= 15 is 0 Å². The lowest BCUT2D eigenvalue weighted by Crippen LogP contribution is -2.12. The average molecular weight is 220 g/mol. The molecule has 0 aliphatic rings. The zero-order chi connectivity index (χ0) is 12.0. The minimum atomic E-state index is -0.216. The Balaban J connectivity index is 2.47. The minimum Gasteiger partial charge on any atom is -0.462 e. The molecule has 1 rings (SSSR count). The van der Waals surface area contributed by atoms with Crippen LogP contribution in [0.25, 0.3) is 0 Å². The van der Waals surface area contributed by atoms with Crippen molar-refractivity contribution in [3.8, 4) is 0 Å². The van der Waals surface area contributed by atoms with Crippen molar-refractivity contribution in [2.24, 2.45) is 5.92 Å². The van der Waals surface area contributed by atoms with E-state index < -0.39 is 0 Å². The highest BCUT2D eigenvalue weighted by molar-refractivity contribution is 5.89. The molecular weight excluding hydrogens is 200 g/mol. The second kappa shape index (κ2) is 6.31. The number of carbonyl (C=O) groups excluding carboxylic acids is 1. The van der Waals surface area contributed by atoms with Crippen LogP contribution >= 0.6 is 0 Å². The van der Waals surface area contributed by atoms with E-state index in [0.29, 0.717) is 18.1 Å². The van der Waals surface area contributed by atoms with Crippen LogP contribution in [0.3, 0.4) is 0 Å². The molecule has 0 unspecified atom stereocenters. The smallest absolute Gasteiger partial charge is 0.338 e. The van der Waals surface area contributed by atoms with Gasteiger partial charge in [-0.1, -0.05) is 38.0 Å². The van der Waals surface area contributed by atoms with Crippen molar-refractivity contribution >= 4 is 5.97 Å². The number of benzene rings is 1. The molecule has 2 nitrogen and oxygen atoms in total. The first-order chi connectivity index (χ1) is 7.63. The summed E-state index contributed by atoms with van der Waals surface area (Å²) in [6, 6.07) is 7.49. The summed E-state index contributed by atoms with van der Waals surface area (Å²) in [6.07, 6.45) is 2.23. The van der Waals surface area contributed by atoms with Crippen LogP contribution in [0, 0.1) is 12.8 Å². The van der Waals surface area contributed by atoms with Gasteiger partial charge in [0.1, 0.15) is 0 Å². The fourth-order valence-corrected chi connectivity index (χ4v) is 1.65. The molecule has 0 bridgehead atoms. The molecule has 0 saturated heterocycles. The van der Waals surface area contributed by atoms with Crippen molar-refractivity contribution in [2.45, 2.75) is 33.6 Å². The van der Waals surface area contributed by atoms with E-state index in [9.17, 15) is 4.79 Å². The van der Waals surface area contributed by atoms with Gasteiger partial charge in [-0.05, 0) is 31.4 Å². The van der Waals surface area contributed by atoms with Crippen LogP contribution in [0.4, 0.5) is 0 Å². The van der Waals surface area contributed by atoms with Gasteiger partial charge in [-0.15, -0.1) is 0 Å². The van der Waals surface area contributed by atoms with Gasteiger partial charge in [0.2, 0.25) is 0 Å². The zero-order valence-corrected chi connectivity index (χ0v) is 10.3. The monoisotopic (exact) mass is 220 g/mol. The van der Waals surface area contributed by atoms with Gasteiger partial charge >= 0.3 is 5.97 Å². The third-order valence-corrected chi connectivity index (χ3v) is 2.53. The number of hydrogen-bond acceptors (Lipinski definition) is 2. The lowest BCUT2D eigenvalue weighted by Gasteiger charge is -2.10. The third-order valence-electron chi connectivity index (χ3n) is 2.53. The van der Waals surface area contributed by atoms with Gasteiger partial charge in [-0.3, -0.25) is 0 Å². The van der Waals surface area contributed by atoms with Crippen molar-refractivity contribution in [1.82, 2.24) is 0 Å². The average Bonchev–Trinajstić information content (AvgIpc) is 2.26. The molecular formula is C14H20O2. The molecule has 0 spiro atoms. The normalized spacial score (nSPS) is 12.2. The quantitative estimate of drug-likeness (QED) is 0.709. The van der Waals surface area contributed by atoms with Gasteiger partial charge in [0.05, 0.1) is 12.2 Å². The van der Waals surface area contributed by atoms with Crippen molar-refractivity contribution in [1.29, 1.82) is 0 Å². The first-order valence-electron chi connectivity index (χ1n) is 5.87. The molecule has 0 radical (unpaired) electrons. The SMILES string of the molecule is CCC[C@@H](C)COC(=O)c1cccc(C)c1. The van der Waals surface area contributed by atoms with Gasteiger partial charge in [0.15, 0.2) is 0 Å². The van der Waals surface area contributed by atoms with Gasteiger partial charge in [0, 0.05) is 0 Å². The summed E-state index contributed by atoms with van der Waals surface area (Å²) in [5.41, 5.74) is 1.72. The molecule has 2 heteroatoms. The molecule has 0 fully saturated rings. The zero-order valence-electron chi connectivity index (χ0n) is 10.3. The minimum absolute atomic E-state index is 0.216. The summed E-state index contributed by atoms with van der Waals surface area (Å²) in [6.45, 7) is 6.73. The largest absolute Gasteiger partial charge is 0.462 e. The first-order valence-corrected chi connectivity index (χ1v) is 5.87. The molecule has 0 aromatic heterocycles. The molecule has 88 valence electrons. The highest BCUT2D eigenvalue weighted by Crippen LogP contribution is 2.09. The highest BCUT2D eigenvalue weighted by atomic mass is 16.5. The van der Waals surface area contributed by atoms with E-state index in [2.05, 4.69) is 13.8 Å². The third kappa shape index (κ3) is 4.05. The molecule has 0 N–H and O–H groups in total. The van der Waals surface area contributed by atoms with Crippen LogP contribution in [0.2, 0.25) is 0 Å². The van der Waals surface area contributed by atoms with E-state index in [1.165, 1.54) is 0 Å². The van der Waals surface area contributed by atoms with Crippen molar-refractivity contribution in [3.05, 3.63) is 35.4 Å². The molecule has 0 aliphatic heterocycles. The second-order valence-electron chi connectivity index (χ2n) is 4.36. The van der Waals surface area contributed by atoms with E-state index in [0.717, 1.165) is 18.4 Å². The van der Waals surface area contributed by atoms with Crippen LogP contribution < -0.4 is 0 Å². The molecule has 1 atom stereocenters. The van der Waals surface area contributed by atoms with Gasteiger partial charge in [-0.2, -0.15) is 0 Å². The number of carbonyl (C=O) groups is 1. The Morgan fingerprint density at radius 1 is 1.44 bits per heavy atom. The summed E-state index contributed by atoms with van der Waals surface area (Å²) >= 11 is 0. The Labute approximate surface area is 97.6 Å². The first kappa shape index (κ1) is 12.8. The molecule has 0 heterocycles. The van der Waals surface area contributed by atoms with E-state index in [-0.39, 0.29) is 5.97 Å². The summed E-state index contributed by atoms with van der Waals surface area (Å²) < 4.78 is 5.26. The van der Waals surface area contributed by atoms with E-state index in [4.69, 9.17) is 4.74 Å². The number of esters is 1. The standard InChI is InChI=1S/C14H20O2/c1-4-6-12(3)10-16-14(15)13-8-5-7-11(2)9-13/h5,7-9,12H,4,6,10H2,1-3H3/t12-/m1/s1. The van der Waals surface area contributed by atoms with Gasteiger partial charge in [-0.25, -0.2) is 4.79 Å². The highest BCUT2D eigenvalue weighted by Gasteiger charge is 2.09. The Morgan fingerprint density at radius 3 is 2.81 bits per heavy atom. The molecule has 1 aromatic carbocycles. The molecule has 0 aliphatic carbocycles. The van der Waals surface area contributed by atoms with Crippen LogP contribution in [-0.4, -0.2) is 12.6 Å². The molecule has 16 heavy (non-hydrogen) atoms. The lowest BCUT2D eigenvalue weighted by atomic mass is 10.1. The van der Waals surface area contributed by atoms with Crippen LogP contribution in [0.5, 0.6) is 0 Å². The number of rotatable bonds is 5. The molecule has 1 aromatic rings. The van der Waals surface area contributed by atoms with Crippen LogP contribution in [0.1, 0.15) is 42.6 Å². The van der Waals surface area contributed by atoms with E-state index in [1.807, 2.05) is 25.1 Å². The maximum absolute atomic E-state index is 11.7. The van der Waals surface area contributed by atoms with Crippen molar-refractivity contribution in [2.75, 3.05) is 6.61 Å². The van der Waals surface area contributed by atoms with Gasteiger partial charge in [0.25, 0.3) is 0 Å². The number of hydrogen-bond donors (Lipinski definition) is 0. The fraction of sp³-hybridized carbons (Fsp3) is 0.500. The molecule has 0 saturated carbocycles. The Hall–Kier alpha value is -1.31. The molecule has 0 amide bonds. The summed E-state index contributed by atoms with van der Waals surface area (Å²) in [5, 5.41) is 0. The predicted molar refractivity (Wildman–Crippen MR) is 65.5 cm³/mol. The Bertz CT molecular complexity index is 344. The number of aryl methyl sites for hydroxylation is 1. The predicted octanol–water partition coefficient (Wildman–Crippen LogP) is 3.59. The maximum atomic E-state index is 11.7. The van der Waals surface area contributed by atoms with Crippen molar-refractivity contribution < 1.29 is 9.53 Å². The summed E-state index contributed by atoms with van der Waals surface area (Å²) in [7, 11) is 0. The number of ether oxygens (including phenoxy) is 1. The fourth-order valence-electron chi connectivity index (χ4n) is 1.65. The van der Waals surface area contributed by atoms with Crippen LogP contribution in [-0.2, 0) is 4.74 Å². The summed E-state index contributed by atoms with van der Waals surface area (Å²) in [4.78, 5) is 11.7. The summed E-state index contributed by atoms with van der Waals surface area (Å²) in [5.74, 6) is 0.227. The lowest BCUT2D eigenvalue weighted by molar-refractivity contribution is 0.0443.